The minimum Gasteiger partial charge on any atom is -0.379 e. The molecule has 1 fully saturated rings. The summed E-state index contributed by atoms with van der Waals surface area (Å²) in [7, 11) is 0. The van der Waals surface area contributed by atoms with Gasteiger partial charge in [0.05, 0.1) is 11.9 Å². The van der Waals surface area contributed by atoms with E-state index in [-0.39, 0.29) is 22.4 Å². The number of hydrogen-bond donors (Lipinski definition) is 3. The van der Waals surface area contributed by atoms with Gasteiger partial charge in [-0.25, -0.2) is 8.78 Å². The van der Waals surface area contributed by atoms with Gasteiger partial charge in [0.2, 0.25) is 0 Å². The van der Waals surface area contributed by atoms with Crippen LogP contribution in [0, 0.1) is 11.6 Å². The van der Waals surface area contributed by atoms with Crippen LogP contribution in [0.5, 0.6) is 0 Å². The molecule has 1 aliphatic rings. The molecule has 0 aliphatic carbocycles. The highest BCUT2D eigenvalue weighted by Gasteiger charge is 2.23. The zero-order chi connectivity index (χ0) is 19.2. The lowest BCUT2D eigenvalue weighted by atomic mass is 10.1. The van der Waals surface area contributed by atoms with Crippen LogP contribution in [0.25, 0.3) is 0 Å². The molecule has 1 atom stereocenters. The molecule has 2 aromatic carbocycles. The van der Waals surface area contributed by atoms with Crippen molar-refractivity contribution in [1.29, 1.82) is 0 Å². The Hall–Kier alpha value is -2.58. The minimum atomic E-state index is -0.577. The molecule has 0 spiro atoms. The Morgan fingerprint density at radius 3 is 2.78 bits per heavy atom. The second-order valence-corrected chi connectivity index (χ2v) is 6.88. The van der Waals surface area contributed by atoms with Gasteiger partial charge >= 0.3 is 0 Å². The molecule has 4 N–H and O–H groups in total. The Kier molecular flexibility index (Phi) is 6.31. The van der Waals surface area contributed by atoms with Crippen molar-refractivity contribution < 1.29 is 8.78 Å². The van der Waals surface area contributed by atoms with Crippen LogP contribution < -0.4 is 16.5 Å². The van der Waals surface area contributed by atoms with E-state index in [1.54, 1.807) is 0 Å². The standard InChI is InChI=1S/C19H21F2N5S/c20-16-9-18(17(21)8-14(16)10-23-25-19(22)27)24-15-6-7-26(12-15)11-13-4-2-1-3-5-13/h1-5,8-10,15,24H,6-7,11-12H2,(H3,22,25,27)/t15-/m0/s1. The zero-order valence-corrected chi connectivity index (χ0v) is 15.5. The van der Waals surface area contributed by atoms with E-state index in [1.807, 2.05) is 18.2 Å². The fourth-order valence-electron chi connectivity index (χ4n) is 3.09. The van der Waals surface area contributed by atoms with E-state index in [0.717, 1.165) is 44.4 Å². The van der Waals surface area contributed by atoms with Gasteiger partial charge in [-0.15, -0.1) is 0 Å². The lowest BCUT2D eigenvalue weighted by Crippen LogP contribution is -2.26. The molecular weight excluding hydrogens is 368 g/mol. The quantitative estimate of drug-likeness (QED) is 0.403. The number of thiocarbonyl (C=S) groups is 1. The molecule has 0 amide bonds. The number of rotatable bonds is 6. The van der Waals surface area contributed by atoms with Crippen molar-refractivity contribution in [3.63, 3.8) is 0 Å². The Morgan fingerprint density at radius 1 is 1.26 bits per heavy atom. The predicted molar refractivity (Wildman–Crippen MR) is 108 cm³/mol. The minimum absolute atomic E-state index is 0.0129. The molecule has 2 aromatic rings. The molecular formula is C19H21F2N5S. The van der Waals surface area contributed by atoms with E-state index in [1.165, 1.54) is 5.56 Å². The van der Waals surface area contributed by atoms with Crippen molar-refractivity contribution in [3.8, 4) is 0 Å². The van der Waals surface area contributed by atoms with Gasteiger partial charge in [-0.1, -0.05) is 30.3 Å². The van der Waals surface area contributed by atoms with E-state index >= 15 is 0 Å². The average molecular weight is 389 g/mol. The van der Waals surface area contributed by atoms with Crippen LogP contribution in [0.15, 0.2) is 47.6 Å². The summed E-state index contributed by atoms with van der Waals surface area (Å²) in [5.74, 6) is -1.11. The van der Waals surface area contributed by atoms with Gasteiger partial charge in [-0.3, -0.25) is 10.3 Å². The fourth-order valence-corrected chi connectivity index (χ4v) is 3.15. The highest BCUT2D eigenvalue weighted by molar-refractivity contribution is 7.80. The third kappa shape index (κ3) is 5.45. The molecule has 1 heterocycles. The normalized spacial score (nSPS) is 17.3. The molecule has 0 aromatic heterocycles. The maximum absolute atomic E-state index is 14.3. The van der Waals surface area contributed by atoms with Crippen molar-refractivity contribution in [2.24, 2.45) is 10.8 Å². The number of benzene rings is 2. The first-order chi connectivity index (χ1) is 13.0. The molecule has 3 rings (SSSR count). The summed E-state index contributed by atoms with van der Waals surface area (Å²) in [5.41, 5.74) is 8.94. The molecule has 142 valence electrons. The topological polar surface area (TPSA) is 65.7 Å². The molecule has 1 saturated heterocycles. The van der Waals surface area contributed by atoms with Gasteiger partial charge in [0, 0.05) is 37.3 Å². The Balaban J connectivity index is 1.60. The maximum Gasteiger partial charge on any atom is 0.184 e. The van der Waals surface area contributed by atoms with Crippen LogP contribution in [0.3, 0.4) is 0 Å². The van der Waals surface area contributed by atoms with Gasteiger partial charge < -0.3 is 11.1 Å². The summed E-state index contributed by atoms with van der Waals surface area (Å²) in [4.78, 5) is 2.30. The van der Waals surface area contributed by atoms with Gasteiger partial charge in [-0.05, 0) is 30.3 Å². The number of nitrogens with two attached hydrogens (primary N) is 1. The Labute approximate surface area is 162 Å². The summed E-state index contributed by atoms with van der Waals surface area (Å²) in [6.07, 6.45) is 2.01. The van der Waals surface area contributed by atoms with Gasteiger partial charge in [0.15, 0.2) is 5.11 Å². The first kappa shape index (κ1) is 19.2. The van der Waals surface area contributed by atoms with Crippen LogP contribution in [0.4, 0.5) is 14.5 Å². The van der Waals surface area contributed by atoms with E-state index in [4.69, 9.17) is 5.73 Å². The monoisotopic (exact) mass is 389 g/mol. The van der Waals surface area contributed by atoms with Crippen molar-refractivity contribution in [3.05, 3.63) is 65.2 Å². The number of likely N-dealkylation sites (tertiary alicyclic amines) is 1. The van der Waals surface area contributed by atoms with E-state index in [2.05, 4.69) is 45.1 Å². The number of halogens is 2. The second kappa shape index (κ2) is 8.88. The number of anilines is 1. The lowest BCUT2D eigenvalue weighted by molar-refractivity contribution is 0.328. The van der Waals surface area contributed by atoms with E-state index in [0.29, 0.717) is 0 Å². The summed E-state index contributed by atoms with van der Waals surface area (Å²) >= 11 is 4.59. The first-order valence-electron chi connectivity index (χ1n) is 8.61. The number of hydrazone groups is 1. The van der Waals surface area contributed by atoms with Crippen molar-refractivity contribution in [2.45, 2.75) is 19.0 Å². The highest BCUT2D eigenvalue weighted by atomic mass is 32.1. The number of nitrogens with zero attached hydrogens (tertiary/aromatic N) is 2. The smallest absolute Gasteiger partial charge is 0.184 e. The third-order valence-electron chi connectivity index (χ3n) is 4.35. The van der Waals surface area contributed by atoms with Crippen LogP contribution in [0.2, 0.25) is 0 Å². The van der Waals surface area contributed by atoms with Gasteiger partial charge in [-0.2, -0.15) is 5.10 Å². The molecule has 0 unspecified atom stereocenters. The molecule has 0 bridgehead atoms. The van der Waals surface area contributed by atoms with Crippen LogP contribution in [0.1, 0.15) is 17.5 Å². The Bertz CT molecular complexity index is 828. The Morgan fingerprint density at radius 2 is 2.04 bits per heavy atom. The highest BCUT2D eigenvalue weighted by Crippen LogP contribution is 2.22. The van der Waals surface area contributed by atoms with Crippen LogP contribution in [-0.2, 0) is 6.54 Å². The fraction of sp³-hybridized carbons (Fsp3) is 0.263. The first-order valence-corrected chi connectivity index (χ1v) is 9.02. The molecule has 8 heteroatoms. The van der Waals surface area contributed by atoms with Crippen molar-refractivity contribution in [2.75, 3.05) is 18.4 Å². The number of hydrogen-bond acceptors (Lipinski definition) is 4. The molecule has 1 aliphatic heterocycles. The maximum atomic E-state index is 14.3. The van der Waals surface area contributed by atoms with E-state index < -0.39 is 11.6 Å². The van der Waals surface area contributed by atoms with Gasteiger partial charge in [0.1, 0.15) is 11.6 Å². The van der Waals surface area contributed by atoms with Crippen molar-refractivity contribution >= 4 is 29.2 Å². The number of nitrogens with one attached hydrogen (secondary N) is 2. The molecule has 5 nitrogen and oxygen atoms in total. The zero-order valence-electron chi connectivity index (χ0n) is 14.7. The largest absolute Gasteiger partial charge is 0.379 e. The van der Waals surface area contributed by atoms with Crippen molar-refractivity contribution in [1.82, 2.24) is 10.3 Å². The third-order valence-corrected chi connectivity index (χ3v) is 4.44. The average Bonchev–Trinajstić information content (AvgIpc) is 3.06. The summed E-state index contributed by atoms with van der Waals surface area (Å²) < 4.78 is 28.5. The van der Waals surface area contributed by atoms with Crippen LogP contribution in [-0.4, -0.2) is 35.4 Å². The second-order valence-electron chi connectivity index (χ2n) is 6.44. The van der Waals surface area contributed by atoms with E-state index in [9.17, 15) is 8.78 Å². The SMILES string of the molecule is NC(=S)NN=Cc1cc(F)c(N[C@H]2CCN(Cc3ccccc3)C2)cc1F. The summed E-state index contributed by atoms with van der Waals surface area (Å²) in [6, 6.07) is 12.5. The van der Waals surface area contributed by atoms with Gasteiger partial charge in [0.25, 0.3) is 0 Å². The lowest BCUT2D eigenvalue weighted by Gasteiger charge is -2.18. The molecule has 0 saturated carbocycles. The van der Waals surface area contributed by atoms with Crippen LogP contribution >= 0.6 is 12.2 Å². The summed E-state index contributed by atoms with van der Waals surface area (Å²) in [5, 5.41) is 6.71. The predicted octanol–water partition coefficient (Wildman–Crippen LogP) is 2.82. The molecule has 27 heavy (non-hydrogen) atoms. The molecule has 0 radical (unpaired) electrons. The summed E-state index contributed by atoms with van der Waals surface area (Å²) in [6.45, 7) is 2.53.